The van der Waals surface area contributed by atoms with Crippen LogP contribution in [0.25, 0.3) is 0 Å². The summed E-state index contributed by atoms with van der Waals surface area (Å²) >= 11 is 0. The van der Waals surface area contributed by atoms with Crippen LogP contribution in [0.15, 0.2) is 12.1 Å². The minimum atomic E-state index is -0.861. The van der Waals surface area contributed by atoms with Gasteiger partial charge in [-0.05, 0) is 13.3 Å². The highest BCUT2D eigenvalue weighted by Gasteiger charge is 2.13. The number of rotatable bonds is 5. The highest BCUT2D eigenvalue weighted by molar-refractivity contribution is 5.90. The first-order chi connectivity index (χ1) is 8.43. The lowest BCUT2D eigenvalue weighted by atomic mass is 10.2. The Bertz CT molecular complexity index is 413. The molecule has 0 saturated heterocycles. The summed E-state index contributed by atoms with van der Waals surface area (Å²) in [7, 11) is 1.17. The van der Waals surface area contributed by atoms with Crippen molar-refractivity contribution in [2.45, 2.75) is 25.8 Å². The number of carbonyl (C=O) groups is 1. The Morgan fingerprint density at radius 2 is 2.00 bits per heavy atom. The van der Waals surface area contributed by atoms with Crippen molar-refractivity contribution < 1.29 is 18.3 Å². The molecule has 1 amide bonds. The van der Waals surface area contributed by atoms with Crippen molar-refractivity contribution in [1.29, 1.82) is 0 Å². The SMILES string of the molecule is COc1c(F)cc(NC(=O)CCC(C)N)cc1F. The Balaban J connectivity index is 2.71. The van der Waals surface area contributed by atoms with Crippen LogP contribution in [0.4, 0.5) is 14.5 Å². The van der Waals surface area contributed by atoms with Gasteiger partial charge in [0, 0.05) is 30.3 Å². The normalized spacial score (nSPS) is 12.1. The predicted molar refractivity (Wildman–Crippen MR) is 64.4 cm³/mol. The van der Waals surface area contributed by atoms with Gasteiger partial charge in [0.2, 0.25) is 5.91 Å². The molecule has 0 aromatic heterocycles. The molecule has 0 saturated carbocycles. The zero-order chi connectivity index (χ0) is 13.7. The fourth-order valence-corrected chi connectivity index (χ4v) is 1.41. The standard InChI is InChI=1S/C12H16F2N2O2/c1-7(15)3-4-11(17)16-8-5-9(13)12(18-2)10(14)6-8/h5-7H,3-4,15H2,1-2H3,(H,16,17). The Hall–Kier alpha value is -1.69. The van der Waals surface area contributed by atoms with Crippen LogP contribution in [0.3, 0.4) is 0 Å². The summed E-state index contributed by atoms with van der Waals surface area (Å²) in [6.45, 7) is 1.78. The van der Waals surface area contributed by atoms with Crippen LogP contribution in [-0.4, -0.2) is 19.1 Å². The third-order valence-electron chi connectivity index (χ3n) is 2.31. The molecule has 0 aliphatic carbocycles. The predicted octanol–water partition coefficient (Wildman–Crippen LogP) is 2.04. The Morgan fingerprint density at radius 3 is 2.44 bits per heavy atom. The van der Waals surface area contributed by atoms with Crippen LogP contribution in [0, 0.1) is 11.6 Å². The van der Waals surface area contributed by atoms with Crippen LogP contribution < -0.4 is 15.8 Å². The molecule has 0 fully saturated rings. The van der Waals surface area contributed by atoms with E-state index in [-0.39, 0.29) is 24.1 Å². The van der Waals surface area contributed by atoms with Gasteiger partial charge in [-0.15, -0.1) is 0 Å². The van der Waals surface area contributed by atoms with Crippen LogP contribution in [0.5, 0.6) is 5.75 Å². The minimum absolute atomic E-state index is 0.0560. The lowest BCUT2D eigenvalue weighted by molar-refractivity contribution is -0.116. The highest BCUT2D eigenvalue weighted by atomic mass is 19.1. The van der Waals surface area contributed by atoms with Gasteiger partial charge >= 0.3 is 0 Å². The fraction of sp³-hybridized carbons (Fsp3) is 0.417. The van der Waals surface area contributed by atoms with Crippen molar-refractivity contribution >= 4 is 11.6 Å². The van der Waals surface area contributed by atoms with Crippen LogP contribution >= 0.6 is 0 Å². The maximum Gasteiger partial charge on any atom is 0.224 e. The van der Waals surface area contributed by atoms with E-state index in [1.165, 1.54) is 7.11 Å². The van der Waals surface area contributed by atoms with Crippen molar-refractivity contribution in [1.82, 2.24) is 0 Å². The van der Waals surface area contributed by atoms with E-state index < -0.39 is 17.4 Å². The molecule has 1 aromatic carbocycles. The van der Waals surface area contributed by atoms with E-state index in [2.05, 4.69) is 10.1 Å². The summed E-state index contributed by atoms with van der Waals surface area (Å²) < 4.78 is 31.2. The molecule has 100 valence electrons. The summed E-state index contributed by atoms with van der Waals surface area (Å²) in [5.74, 6) is -2.53. The van der Waals surface area contributed by atoms with Gasteiger partial charge < -0.3 is 15.8 Å². The third kappa shape index (κ3) is 3.96. The molecule has 1 aromatic rings. The number of methoxy groups -OCH3 is 1. The molecule has 4 nitrogen and oxygen atoms in total. The molecule has 0 aliphatic heterocycles. The molecule has 0 heterocycles. The second-order valence-corrected chi connectivity index (χ2v) is 4.04. The molecule has 18 heavy (non-hydrogen) atoms. The smallest absolute Gasteiger partial charge is 0.224 e. The van der Waals surface area contributed by atoms with E-state index in [4.69, 9.17) is 5.73 Å². The molecule has 0 aliphatic rings. The number of amides is 1. The molecule has 0 bridgehead atoms. The quantitative estimate of drug-likeness (QED) is 0.849. The maximum atomic E-state index is 13.3. The summed E-state index contributed by atoms with van der Waals surface area (Å²) in [6.07, 6.45) is 0.708. The topological polar surface area (TPSA) is 64.3 Å². The Kier molecular flexibility index (Phi) is 5.03. The molecular weight excluding hydrogens is 242 g/mol. The molecule has 0 radical (unpaired) electrons. The van der Waals surface area contributed by atoms with E-state index >= 15 is 0 Å². The van der Waals surface area contributed by atoms with Gasteiger partial charge in [-0.25, -0.2) is 8.78 Å². The van der Waals surface area contributed by atoms with Gasteiger partial charge in [0.25, 0.3) is 0 Å². The zero-order valence-corrected chi connectivity index (χ0v) is 10.3. The van der Waals surface area contributed by atoms with Gasteiger partial charge in [-0.1, -0.05) is 0 Å². The second-order valence-electron chi connectivity index (χ2n) is 4.04. The van der Waals surface area contributed by atoms with E-state index in [1.807, 2.05) is 0 Å². The van der Waals surface area contributed by atoms with E-state index in [0.717, 1.165) is 12.1 Å². The number of hydrogen-bond acceptors (Lipinski definition) is 3. The zero-order valence-electron chi connectivity index (χ0n) is 10.3. The average molecular weight is 258 g/mol. The maximum absolute atomic E-state index is 13.3. The summed E-state index contributed by atoms with van der Waals surface area (Å²) in [6, 6.07) is 1.91. The summed E-state index contributed by atoms with van der Waals surface area (Å²) in [4.78, 5) is 11.5. The van der Waals surface area contributed by atoms with Crippen molar-refractivity contribution in [2.75, 3.05) is 12.4 Å². The number of carbonyl (C=O) groups excluding carboxylic acids is 1. The number of hydrogen-bond donors (Lipinski definition) is 2. The average Bonchev–Trinajstić information content (AvgIpc) is 2.26. The van der Waals surface area contributed by atoms with Gasteiger partial charge in [0.05, 0.1) is 7.11 Å². The van der Waals surface area contributed by atoms with Gasteiger partial charge in [0.1, 0.15) is 0 Å². The molecule has 6 heteroatoms. The molecular formula is C12H16F2N2O2. The molecule has 1 rings (SSSR count). The fourth-order valence-electron chi connectivity index (χ4n) is 1.41. The van der Waals surface area contributed by atoms with Crippen molar-refractivity contribution in [3.8, 4) is 5.75 Å². The van der Waals surface area contributed by atoms with Crippen molar-refractivity contribution in [3.63, 3.8) is 0 Å². The molecule has 0 spiro atoms. The lowest BCUT2D eigenvalue weighted by Crippen LogP contribution is -2.19. The number of nitrogens with two attached hydrogens (primary N) is 1. The van der Waals surface area contributed by atoms with Gasteiger partial charge in [-0.2, -0.15) is 0 Å². The first kappa shape index (κ1) is 14.4. The summed E-state index contributed by atoms with van der Waals surface area (Å²) in [5.41, 5.74) is 5.56. The second kappa shape index (κ2) is 6.30. The highest BCUT2D eigenvalue weighted by Crippen LogP contribution is 2.25. The monoisotopic (exact) mass is 258 g/mol. The minimum Gasteiger partial charge on any atom is -0.491 e. The number of nitrogens with one attached hydrogen (secondary N) is 1. The van der Waals surface area contributed by atoms with Crippen molar-refractivity contribution in [3.05, 3.63) is 23.8 Å². The number of halogens is 2. The van der Waals surface area contributed by atoms with Crippen LogP contribution in [0.1, 0.15) is 19.8 Å². The first-order valence-corrected chi connectivity index (χ1v) is 5.52. The van der Waals surface area contributed by atoms with Crippen LogP contribution in [0.2, 0.25) is 0 Å². The Labute approximate surface area is 104 Å². The summed E-state index contributed by atoms with van der Waals surface area (Å²) in [5, 5.41) is 2.40. The third-order valence-corrected chi connectivity index (χ3v) is 2.31. The number of ether oxygens (including phenoxy) is 1. The Morgan fingerprint density at radius 1 is 1.44 bits per heavy atom. The van der Waals surface area contributed by atoms with Gasteiger partial charge in [-0.3, -0.25) is 4.79 Å². The molecule has 1 atom stereocenters. The number of anilines is 1. The van der Waals surface area contributed by atoms with Crippen molar-refractivity contribution in [2.24, 2.45) is 5.73 Å². The largest absolute Gasteiger partial charge is 0.491 e. The first-order valence-electron chi connectivity index (χ1n) is 5.52. The lowest BCUT2D eigenvalue weighted by Gasteiger charge is -2.09. The molecule has 1 unspecified atom stereocenters. The number of benzene rings is 1. The molecule has 3 N–H and O–H groups in total. The van der Waals surface area contributed by atoms with Crippen LogP contribution in [-0.2, 0) is 4.79 Å². The van der Waals surface area contributed by atoms with E-state index in [9.17, 15) is 13.6 Å². The van der Waals surface area contributed by atoms with Gasteiger partial charge in [0.15, 0.2) is 17.4 Å². The van der Waals surface area contributed by atoms with E-state index in [0.29, 0.717) is 6.42 Å². The van der Waals surface area contributed by atoms with E-state index in [1.54, 1.807) is 6.92 Å².